The van der Waals surface area contributed by atoms with E-state index in [4.69, 9.17) is 17.0 Å². The molecule has 2 rings (SSSR count). The molecule has 4 nitrogen and oxygen atoms in total. The third-order valence-corrected chi connectivity index (χ3v) is 3.56. The summed E-state index contributed by atoms with van der Waals surface area (Å²) in [5.41, 5.74) is 1.06. The van der Waals surface area contributed by atoms with Crippen molar-refractivity contribution in [2.75, 3.05) is 5.32 Å². The molecular formula is C18H19FN2O2S. The smallest absolute Gasteiger partial charge is 0.257 e. The standard InChI is InChI=1S/C18H19FN2O2S/c1-3-12(2)23-16-10-8-15(9-11-16)20-18(24)21-17(22)13-4-6-14(19)7-5-13/h4-12H,3H2,1-2H3,(H2,20,21,22,24). The lowest BCUT2D eigenvalue weighted by molar-refractivity contribution is 0.0977. The fourth-order valence-corrected chi connectivity index (χ4v) is 2.08. The van der Waals surface area contributed by atoms with Crippen LogP contribution >= 0.6 is 12.2 Å². The Morgan fingerprint density at radius 3 is 2.38 bits per heavy atom. The molecule has 0 spiro atoms. The molecule has 0 radical (unpaired) electrons. The molecule has 126 valence electrons. The van der Waals surface area contributed by atoms with Gasteiger partial charge in [0.05, 0.1) is 6.10 Å². The molecule has 1 amide bonds. The normalized spacial score (nSPS) is 11.5. The number of amides is 1. The van der Waals surface area contributed by atoms with Crippen molar-refractivity contribution < 1.29 is 13.9 Å². The third kappa shape index (κ3) is 5.31. The van der Waals surface area contributed by atoms with Gasteiger partial charge in [0.2, 0.25) is 0 Å². The van der Waals surface area contributed by atoms with E-state index in [1.54, 1.807) is 0 Å². The molecule has 0 aliphatic rings. The Morgan fingerprint density at radius 2 is 1.79 bits per heavy atom. The van der Waals surface area contributed by atoms with Gasteiger partial charge < -0.3 is 10.1 Å². The molecule has 24 heavy (non-hydrogen) atoms. The van der Waals surface area contributed by atoms with Gasteiger partial charge >= 0.3 is 0 Å². The van der Waals surface area contributed by atoms with E-state index in [1.165, 1.54) is 24.3 Å². The van der Waals surface area contributed by atoms with Gasteiger partial charge in [0.15, 0.2) is 5.11 Å². The number of hydrogen-bond acceptors (Lipinski definition) is 3. The summed E-state index contributed by atoms with van der Waals surface area (Å²) >= 11 is 5.11. The van der Waals surface area contributed by atoms with E-state index in [0.29, 0.717) is 5.56 Å². The maximum absolute atomic E-state index is 12.9. The second kappa shape index (κ2) is 8.40. The van der Waals surface area contributed by atoms with Crippen molar-refractivity contribution in [3.8, 4) is 5.75 Å². The first-order valence-corrected chi connectivity index (χ1v) is 8.03. The zero-order valence-corrected chi connectivity index (χ0v) is 14.3. The highest BCUT2D eigenvalue weighted by Crippen LogP contribution is 2.17. The maximum Gasteiger partial charge on any atom is 0.257 e. The zero-order valence-electron chi connectivity index (χ0n) is 13.5. The molecule has 6 heteroatoms. The minimum atomic E-state index is -0.399. The number of anilines is 1. The second-order valence-corrected chi connectivity index (χ2v) is 5.68. The van der Waals surface area contributed by atoms with Gasteiger partial charge in [-0.1, -0.05) is 6.92 Å². The molecule has 2 N–H and O–H groups in total. The monoisotopic (exact) mass is 346 g/mol. The summed E-state index contributed by atoms with van der Waals surface area (Å²) in [4.78, 5) is 12.0. The minimum absolute atomic E-state index is 0.153. The van der Waals surface area contributed by atoms with Crippen molar-refractivity contribution >= 4 is 28.9 Å². The summed E-state index contributed by atoms with van der Waals surface area (Å²) in [5, 5.41) is 5.63. The van der Waals surface area contributed by atoms with Crippen molar-refractivity contribution in [3.63, 3.8) is 0 Å². The van der Waals surface area contributed by atoms with E-state index in [-0.39, 0.29) is 11.2 Å². The molecule has 2 aromatic carbocycles. The number of hydrogen-bond donors (Lipinski definition) is 2. The van der Waals surface area contributed by atoms with Gasteiger partial charge in [-0.3, -0.25) is 10.1 Å². The van der Waals surface area contributed by atoms with Crippen LogP contribution in [0.25, 0.3) is 0 Å². The number of carbonyl (C=O) groups excluding carboxylic acids is 1. The fourth-order valence-electron chi connectivity index (χ4n) is 1.87. The topological polar surface area (TPSA) is 50.4 Å². The van der Waals surface area contributed by atoms with E-state index in [9.17, 15) is 9.18 Å². The number of nitrogens with one attached hydrogen (secondary N) is 2. The molecule has 0 bridgehead atoms. The highest BCUT2D eigenvalue weighted by molar-refractivity contribution is 7.80. The molecule has 0 saturated carbocycles. The van der Waals surface area contributed by atoms with Gasteiger partial charge in [0.1, 0.15) is 11.6 Å². The van der Waals surface area contributed by atoms with Crippen molar-refractivity contribution in [2.24, 2.45) is 0 Å². The number of thiocarbonyl (C=S) groups is 1. The number of halogens is 1. The largest absolute Gasteiger partial charge is 0.491 e. The number of benzene rings is 2. The zero-order chi connectivity index (χ0) is 17.5. The Morgan fingerprint density at radius 1 is 1.17 bits per heavy atom. The Hall–Kier alpha value is -2.47. The first-order valence-electron chi connectivity index (χ1n) is 7.62. The molecule has 0 saturated heterocycles. The fraction of sp³-hybridized carbons (Fsp3) is 0.222. The molecule has 0 heterocycles. The average molecular weight is 346 g/mol. The van der Waals surface area contributed by atoms with Crippen molar-refractivity contribution in [2.45, 2.75) is 26.4 Å². The van der Waals surface area contributed by atoms with Crippen LogP contribution in [-0.4, -0.2) is 17.1 Å². The molecule has 0 aromatic heterocycles. The summed E-state index contributed by atoms with van der Waals surface area (Å²) in [7, 11) is 0. The lowest BCUT2D eigenvalue weighted by Gasteiger charge is -2.13. The summed E-state index contributed by atoms with van der Waals surface area (Å²) in [6, 6.07) is 12.5. The molecule has 2 aromatic rings. The van der Waals surface area contributed by atoms with Crippen LogP contribution in [0.5, 0.6) is 5.75 Å². The van der Waals surface area contributed by atoms with E-state index in [0.717, 1.165) is 17.9 Å². The van der Waals surface area contributed by atoms with Crippen molar-refractivity contribution in [1.29, 1.82) is 0 Å². The highest BCUT2D eigenvalue weighted by atomic mass is 32.1. The molecule has 0 fully saturated rings. The minimum Gasteiger partial charge on any atom is -0.491 e. The number of rotatable bonds is 5. The van der Waals surface area contributed by atoms with Gasteiger partial charge in [-0.05, 0) is 74.1 Å². The van der Waals surface area contributed by atoms with Crippen LogP contribution in [0.4, 0.5) is 10.1 Å². The Kier molecular flexibility index (Phi) is 6.26. The lowest BCUT2D eigenvalue weighted by atomic mass is 10.2. The third-order valence-electron chi connectivity index (χ3n) is 3.36. The molecule has 0 aliphatic carbocycles. The van der Waals surface area contributed by atoms with Crippen LogP contribution < -0.4 is 15.4 Å². The van der Waals surface area contributed by atoms with E-state index in [1.807, 2.05) is 31.2 Å². The van der Waals surface area contributed by atoms with Crippen LogP contribution in [0.3, 0.4) is 0 Å². The Labute approximate surface area is 146 Å². The summed E-state index contributed by atoms with van der Waals surface area (Å²) in [6.07, 6.45) is 1.08. The number of ether oxygens (including phenoxy) is 1. The van der Waals surface area contributed by atoms with E-state index < -0.39 is 11.7 Å². The van der Waals surface area contributed by atoms with Crippen molar-refractivity contribution in [3.05, 3.63) is 59.9 Å². The molecule has 1 unspecified atom stereocenters. The number of carbonyl (C=O) groups is 1. The molecular weight excluding hydrogens is 327 g/mol. The average Bonchev–Trinajstić information content (AvgIpc) is 2.57. The highest BCUT2D eigenvalue weighted by Gasteiger charge is 2.08. The molecule has 0 aliphatic heterocycles. The quantitative estimate of drug-likeness (QED) is 0.799. The van der Waals surface area contributed by atoms with Crippen LogP contribution in [-0.2, 0) is 0 Å². The van der Waals surface area contributed by atoms with E-state index >= 15 is 0 Å². The summed E-state index contributed by atoms with van der Waals surface area (Å²) in [5.74, 6) is -0.0210. The van der Waals surface area contributed by atoms with Gasteiger partial charge in [-0.15, -0.1) is 0 Å². The van der Waals surface area contributed by atoms with Gasteiger partial charge in [-0.25, -0.2) is 4.39 Å². The second-order valence-electron chi connectivity index (χ2n) is 5.28. The Bertz CT molecular complexity index is 702. The van der Waals surface area contributed by atoms with Gasteiger partial charge in [-0.2, -0.15) is 0 Å². The summed E-state index contributed by atoms with van der Waals surface area (Å²) < 4.78 is 18.5. The molecule has 1 atom stereocenters. The van der Waals surface area contributed by atoms with Crippen LogP contribution in [0.1, 0.15) is 30.6 Å². The lowest BCUT2D eigenvalue weighted by Crippen LogP contribution is -2.34. The summed E-state index contributed by atoms with van der Waals surface area (Å²) in [6.45, 7) is 4.06. The SMILES string of the molecule is CCC(C)Oc1ccc(NC(=S)NC(=O)c2ccc(F)cc2)cc1. The predicted molar refractivity (Wildman–Crippen MR) is 96.9 cm³/mol. The van der Waals surface area contributed by atoms with Crippen LogP contribution in [0.15, 0.2) is 48.5 Å². The maximum atomic E-state index is 12.9. The van der Waals surface area contributed by atoms with Crippen molar-refractivity contribution in [1.82, 2.24) is 5.32 Å². The van der Waals surface area contributed by atoms with Crippen LogP contribution in [0, 0.1) is 5.82 Å². The predicted octanol–water partition coefficient (Wildman–Crippen LogP) is 4.13. The van der Waals surface area contributed by atoms with Crippen LogP contribution in [0.2, 0.25) is 0 Å². The Balaban J connectivity index is 1.90. The van der Waals surface area contributed by atoms with E-state index in [2.05, 4.69) is 17.6 Å². The van der Waals surface area contributed by atoms with Gasteiger partial charge in [0, 0.05) is 11.3 Å². The first-order chi connectivity index (χ1) is 11.5. The first kappa shape index (κ1) is 17.9. The van der Waals surface area contributed by atoms with Gasteiger partial charge in [0.25, 0.3) is 5.91 Å².